The first-order valence-electron chi connectivity index (χ1n) is 4.86. The van der Waals surface area contributed by atoms with Crippen molar-refractivity contribution < 1.29 is 0 Å². The zero-order chi connectivity index (χ0) is 11.0. The van der Waals surface area contributed by atoms with Crippen molar-refractivity contribution >= 4 is 5.69 Å². The molecule has 0 fully saturated rings. The summed E-state index contributed by atoms with van der Waals surface area (Å²) in [7, 11) is 0. The summed E-state index contributed by atoms with van der Waals surface area (Å²) in [6.07, 6.45) is 6.35. The molecule has 1 aromatic heterocycles. The lowest BCUT2D eigenvalue weighted by atomic mass is 10.0. The molecule has 0 aliphatic heterocycles. The maximum absolute atomic E-state index is 5.57. The van der Waals surface area contributed by atoms with Gasteiger partial charge in [0, 0.05) is 12.4 Å². The summed E-state index contributed by atoms with van der Waals surface area (Å²) < 4.78 is 0. The third-order valence-electron chi connectivity index (χ3n) is 1.46. The average Bonchev–Trinajstić information content (AvgIpc) is 2.03. The number of anilines is 1. The second kappa shape index (κ2) is 7.13. The Labute approximate surface area is 86.9 Å². The molecule has 0 amide bonds. The molecule has 0 saturated carbocycles. The number of nitrogens with zero attached hydrogens (tertiary/aromatic N) is 1. The van der Waals surface area contributed by atoms with E-state index in [-0.39, 0.29) is 0 Å². The van der Waals surface area contributed by atoms with Gasteiger partial charge in [0.05, 0.1) is 5.69 Å². The van der Waals surface area contributed by atoms with E-state index in [1.54, 1.807) is 12.3 Å². The molecule has 14 heavy (non-hydrogen) atoms. The van der Waals surface area contributed by atoms with Crippen molar-refractivity contribution in [2.24, 2.45) is 5.92 Å². The summed E-state index contributed by atoms with van der Waals surface area (Å²) in [4.78, 5) is 4.01. The summed E-state index contributed by atoms with van der Waals surface area (Å²) >= 11 is 0. The first-order valence-corrected chi connectivity index (χ1v) is 4.86. The maximum atomic E-state index is 5.57. The predicted molar refractivity (Wildman–Crippen MR) is 63.1 cm³/mol. The normalized spacial score (nSPS) is 9.14. The minimum atomic E-state index is 0.665. The average molecular weight is 192 g/mol. The molecule has 78 valence electrons. The Hall–Kier alpha value is -1.31. The Morgan fingerprint density at radius 2 is 2.07 bits per heavy atom. The van der Waals surface area contributed by atoms with Crippen LogP contribution < -0.4 is 5.73 Å². The Balaban J connectivity index is 0.000000500. The van der Waals surface area contributed by atoms with Gasteiger partial charge >= 0.3 is 0 Å². The summed E-state index contributed by atoms with van der Waals surface area (Å²) in [6.45, 7) is 9.62. The quantitative estimate of drug-likeness (QED) is 0.731. The zero-order valence-electron chi connectivity index (χ0n) is 9.33. The molecule has 1 heterocycles. The first kappa shape index (κ1) is 12.7. The molecule has 2 N–H and O–H groups in total. The number of nitrogen functional groups attached to an aromatic ring is 1. The summed E-state index contributed by atoms with van der Waals surface area (Å²) in [5, 5.41) is 0. The third-order valence-corrected chi connectivity index (χ3v) is 1.46. The summed E-state index contributed by atoms with van der Waals surface area (Å²) in [6, 6.07) is 1.98. The van der Waals surface area contributed by atoms with Crippen LogP contribution in [0.1, 0.15) is 26.3 Å². The van der Waals surface area contributed by atoms with E-state index in [0.29, 0.717) is 5.92 Å². The SMILES string of the molecule is C=CC.CC(C)Cc1cncc(N)c1. The largest absolute Gasteiger partial charge is 0.397 e. The van der Waals surface area contributed by atoms with Crippen LogP contribution in [0.3, 0.4) is 0 Å². The summed E-state index contributed by atoms with van der Waals surface area (Å²) in [5.74, 6) is 0.665. The number of pyridine rings is 1. The Bertz CT molecular complexity index is 267. The lowest BCUT2D eigenvalue weighted by Crippen LogP contribution is -1.96. The Morgan fingerprint density at radius 1 is 1.50 bits per heavy atom. The van der Waals surface area contributed by atoms with E-state index in [0.717, 1.165) is 12.1 Å². The molecule has 0 bridgehead atoms. The first-order chi connectivity index (χ1) is 6.60. The Kier molecular flexibility index (Phi) is 6.46. The van der Waals surface area contributed by atoms with Gasteiger partial charge in [-0.1, -0.05) is 19.9 Å². The maximum Gasteiger partial charge on any atom is 0.0503 e. The molecule has 0 spiro atoms. The van der Waals surface area contributed by atoms with Gasteiger partial charge in [-0.3, -0.25) is 4.98 Å². The van der Waals surface area contributed by atoms with Crippen LogP contribution in [0.25, 0.3) is 0 Å². The molecule has 0 saturated heterocycles. The molecule has 1 aromatic rings. The van der Waals surface area contributed by atoms with Crippen molar-refractivity contribution in [2.75, 3.05) is 5.73 Å². The fourth-order valence-corrected chi connectivity index (χ4v) is 1.09. The highest BCUT2D eigenvalue weighted by Crippen LogP contribution is 2.09. The molecule has 2 heteroatoms. The molecular weight excluding hydrogens is 172 g/mol. The van der Waals surface area contributed by atoms with Gasteiger partial charge in [-0.15, -0.1) is 6.58 Å². The van der Waals surface area contributed by atoms with Crippen LogP contribution in [0.15, 0.2) is 31.1 Å². The van der Waals surface area contributed by atoms with E-state index >= 15 is 0 Å². The topological polar surface area (TPSA) is 38.9 Å². The van der Waals surface area contributed by atoms with E-state index in [2.05, 4.69) is 25.4 Å². The minimum absolute atomic E-state index is 0.665. The number of rotatable bonds is 2. The molecule has 0 atom stereocenters. The summed E-state index contributed by atoms with van der Waals surface area (Å²) in [5.41, 5.74) is 7.55. The number of allylic oxidation sites excluding steroid dienone is 1. The monoisotopic (exact) mass is 192 g/mol. The van der Waals surface area contributed by atoms with Crippen molar-refractivity contribution in [1.82, 2.24) is 4.98 Å². The van der Waals surface area contributed by atoms with Crippen LogP contribution in [-0.4, -0.2) is 4.98 Å². The van der Waals surface area contributed by atoms with E-state index < -0.39 is 0 Å². The van der Waals surface area contributed by atoms with Gasteiger partial charge in [0.2, 0.25) is 0 Å². The predicted octanol–water partition coefficient (Wildman–Crippen LogP) is 3.05. The lowest BCUT2D eigenvalue weighted by molar-refractivity contribution is 0.646. The van der Waals surface area contributed by atoms with Gasteiger partial charge in [-0.2, -0.15) is 0 Å². The minimum Gasteiger partial charge on any atom is -0.397 e. The molecular formula is C12H20N2. The van der Waals surface area contributed by atoms with Gasteiger partial charge in [-0.25, -0.2) is 0 Å². The molecule has 0 aliphatic carbocycles. The van der Waals surface area contributed by atoms with Gasteiger partial charge in [0.1, 0.15) is 0 Å². The fraction of sp³-hybridized carbons (Fsp3) is 0.417. The van der Waals surface area contributed by atoms with Gasteiger partial charge in [0.15, 0.2) is 0 Å². The molecule has 0 aliphatic rings. The Morgan fingerprint density at radius 3 is 2.50 bits per heavy atom. The van der Waals surface area contributed by atoms with Gasteiger partial charge in [-0.05, 0) is 30.9 Å². The molecule has 2 nitrogen and oxygen atoms in total. The van der Waals surface area contributed by atoms with E-state index in [4.69, 9.17) is 5.73 Å². The van der Waals surface area contributed by atoms with Gasteiger partial charge < -0.3 is 5.73 Å². The number of hydrogen-bond donors (Lipinski definition) is 1. The second-order valence-electron chi connectivity index (χ2n) is 3.63. The van der Waals surface area contributed by atoms with Crippen LogP contribution >= 0.6 is 0 Å². The highest BCUT2D eigenvalue weighted by molar-refractivity contribution is 5.36. The third kappa shape index (κ3) is 6.23. The van der Waals surface area contributed by atoms with Crippen molar-refractivity contribution in [2.45, 2.75) is 27.2 Å². The van der Waals surface area contributed by atoms with Crippen molar-refractivity contribution in [3.63, 3.8) is 0 Å². The fourth-order valence-electron chi connectivity index (χ4n) is 1.09. The molecule has 0 radical (unpaired) electrons. The van der Waals surface area contributed by atoms with E-state index in [1.807, 2.05) is 19.2 Å². The molecule has 0 unspecified atom stereocenters. The standard InChI is InChI=1S/C9H14N2.C3H6/c1-7(2)3-8-4-9(10)6-11-5-8;1-3-2/h4-7H,3,10H2,1-2H3;3H,1H2,2H3. The smallest absolute Gasteiger partial charge is 0.0503 e. The van der Waals surface area contributed by atoms with Gasteiger partial charge in [0.25, 0.3) is 0 Å². The van der Waals surface area contributed by atoms with Crippen molar-refractivity contribution in [3.05, 3.63) is 36.7 Å². The van der Waals surface area contributed by atoms with E-state index in [1.165, 1.54) is 5.56 Å². The highest BCUT2D eigenvalue weighted by Gasteiger charge is 1.97. The van der Waals surface area contributed by atoms with Crippen LogP contribution in [0.5, 0.6) is 0 Å². The van der Waals surface area contributed by atoms with Crippen LogP contribution in [0.4, 0.5) is 5.69 Å². The molecule has 0 aromatic carbocycles. The lowest BCUT2D eigenvalue weighted by Gasteiger charge is -2.03. The van der Waals surface area contributed by atoms with Crippen LogP contribution in [0.2, 0.25) is 0 Å². The van der Waals surface area contributed by atoms with Crippen molar-refractivity contribution in [1.29, 1.82) is 0 Å². The van der Waals surface area contributed by atoms with Crippen molar-refractivity contribution in [3.8, 4) is 0 Å². The van der Waals surface area contributed by atoms with E-state index in [9.17, 15) is 0 Å². The second-order valence-corrected chi connectivity index (χ2v) is 3.63. The molecule has 1 rings (SSSR count). The number of nitrogens with two attached hydrogens (primary N) is 1. The van der Waals surface area contributed by atoms with Crippen LogP contribution in [0, 0.1) is 5.92 Å². The number of hydrogen-bond acceptors (Lipinski definition) is 2. The highest BCUT2D eigenvalue weighted by atomic mass is 14.7. The number of aromatic nitrogens is 1. The van der Waals surface area contributed by atoms with Crippen LogP contribution in [-0.2, 0) is 6.42 Å². The zero-order valence-corrected chi connectivity index (χ0v) is 9.33.